The Kier molecular flexibility index (Phi) is 5.63. The molecule has 0 bridgehead atoms. The van der Waals surface area contributed by atoms with E-state index in [1.165, 1.54) is 6.08 Å². The summed E-state index contributed by atoms with van der Waals surface area (Å²) in [4.78, 5) is 32.5. The first kappa shape index (κ1) is 17.0. The van der Waals surface area contributed by atoms with E-state index in [9.17, 15) is 9.59 Å². The third-order valence-electron chi connectivity index (χ3n) is 3.61. The van der Waals surface area contributed by atoms with Crippen molar-refractivity contribution in [2.24, 2.45) is 0 Å². The lowest BCUT2D eigenvalue weighted by atomic mass is 10.2. The van der Waals surface area contributed by atoms with Crippen LogP contribution in [0.15, 0.2) is 11.5 Å². The van der Waals surface area contributed by atoms with Gasteiger partial charge in [0.2, 0.25) is 11.8 Å². The predicted octanol–water partition coefficient (Wildman–Crippen LogP) is 2.23. The molecule has 0 unspecified atom stereocenters. The Labute approximate surface area is 139 Å². The van der Waals surface area contributed by atoms with Gasteiger partial charge in [-0.2, -0.15) is 0 Å². The molecule has 0 saturated carbocycles. The van der Waals surface area contributed by atoms with E-state index in [0.717, 1.165) is 10.7 Å². The van der Waals surface area contributed by atoms with Crippen LogP contribution in [0.1, 0.15) is 24.5 Å². The smallest absolute Gasteiger partial charge is 0.248 e. The van der Waals surface area contributed by atoms with Crippen LogP contribution < -0.4 is 0 Å². The van der Waals surface area contributed by atoms with Gasteiger partial charge >= 0.3 is 0 Å². The normalized spacial score (nSPS) is 18.4. The molecular formula is C15H21N3O2S2. The molecule has 5 nitrogen and oxygen atoms in total. The van der Waals surface area contributed by atoms with E-state index in [0.29, 0.717) is 11.6 Å². The lowest BCUT2D eigenvalue weighted by molar-refractivity contribution is -0.141. The van der Waals surface area contributed by atoms with Crippen molar-refractivity contribution in [3.05, 3.63) is 22.2 Å². The van der Waals surface area contributed by atoms with Crippen molar-refractivity contribution >= 4 is 41.0 Å². The van der Waals surface area contributed by atoms with Crippen molar-refractivity contribution in [2.75, 3.05) is 18.7 Å². The number of thioether (sulfide) groups is 1. The van der Waals surface area contributed by atoms with Crippen molar-refractivity contribution in [3.8, 4) is 0 Å². The second-order valence-corrected chi connectivity index (χ2v) is 7.55. The van der Waals surface area contributed by atoms with Gasteiger partial charge < -0.3 is 9.80 Å². The third kappa shape index (κ3) is 3.89. The van der Waals surface area contributed by atoms with Gasteiger partial charge in [-0.15, -0.1) is 23.1 Å². The molecule has 2 heterocycles. The second kappa shape index (κ2) is 7.28. The van der Waals surface area contributed by atoms with Crippen molar-refractivity contribution in [1.29, 1.82) is 0 Å². The molecule has 0 aliphatic carbocycles. The molecular weight excluding hydrogens is 318 g/mol. The molecule has 1 aromatic heterocycles. The maximum absolute atomic E-state index is 12.5. The number of amides is 2. The van der Waals surface area contributed by atoms with Crippen LogP contribution in [-0.2, 0) is 9.59 Å². The zero-order chi connectivity index (χ0) is 16.3. The molecule has 0 N–H and O–H groups in total. The summed E-state index contributed by atoms with van der Waals surface area (Å²) in [6.07, 6.45) is 3.22. The zero-order valence-electron chi connectivity index (χ0n) is 13.3. The first-order valence-electron chi connectivity index (χ1n) is 7.15. The number of aryl methyl sites for hydroxylation is 1. The van der Waals surface area contributed by atoms with Crippen LogP contribution in [0.5, 0.6) is 0 Å². The highest BCUT2D eigenvalue weighted by Gasteiger charge is 2.35. The first-order chi connectivity index (χ1) is 10.4. The number of nitrogens with zero attached hydrogens (tertiary/aromatic N) is 3. The zero-order valence-corrected chi connectivity index (χ0v) is 14.9. The van der Waals surface area contributed by atoms with Gasteiger partial charge in [0.1, 0.15) is 6.04 Å². The van der Waals surface area contributed by atoms with E-state index in [1.54, 1.807) is 46.0 Å². The Morgan fingerprint density at radius 1 is 1.50 bits per heavy atom. The van der Waals surface area contributed by atoms with Crippen molar-refractivity contribution in [1.82, 2.24) is 14.8 Å². The highest BCUT2D eigenvalue weighted by atomic mass is 32.2. The predicted molar refractivity (Wildman–Crippen MR) is 91.8 cm³/mol. The Morgan fingerprint density at radius 3 is 2.82 bits per heavy atom. The molecule has 2 amide bonds. The monoisotopic (exact) mass is 339 g/mol. The second-order valence-electron chi connectivity index (χ2n) is 5.49. The molecule has 22 heavy (non-hydrogen) atoms. The molecule has 2 rings (SSSR count). The fraction of sp³-hybridized carbons (Fsp3) is 0.533. The van der Waals surface area contributed by atoms with E-state index in [4.69, 9.17) is 0 Å². The van der Waals surface area contributed by atoms with E-state index < -0.39 is 0 Å². The molecule has 0 radical (unpaired) electrons. The highest BCUT2D eigenvalue weighted by molar-refractivity contribution is 7.99. The fourth-order valence-corrected chi connectivity index (χ4v) is 3.80. The average Bonchev–Trinajstić information content (AvgIpc) is 3.11. The molecule has 7 heteroatoms. The van der Waals surface area contributed by atoms with Gasteiger partial charge in [0.25, 0.3) is 0 Å². The van der Waals surface area contributed by atoms with Crippen LogP contribution in [0.4, 0.5) is 0 Å². The van der Waals surface area contributed by atoms with Crippen LogP contribution in [0.3, 0.4) is 0 Å². The average molecular weight is 339 g/mol. The lowest BCUT2D eigenvalue weighted by Gasteiger charge is -2.29. The Hall–Kier alpha value is -1.34. The number of aromatic nitrogens is 1. The Bertz CT molecular complexity index is 583. The summed E-state index contributed by atoms with van der Waals surface area (Å²) in [7, 11) is 1.78. The van der Waals surface area contributed by atoms with Crippen LogP contribution in [0.25, 0.3) is 6.08 Å². The van der Waals surface area contributed by atoms with E-state index in [2.05, 4.69) is 4.98 Å². The van der Waals surface area contributed by atoms with Crippen molar-refractivity contribution < 1.29 is 9.59 Å². The van der Waals surface area contributed by atoms with Gasteiger partial charge in [0, 0.05) is 30.3 Å². The molecule has 1 fully saturated rings. The fourth-order valence-electron chi connectivity index (χ4n) is 2.06. The maximum Gasteiger partial charge on any atom is 0.248 e. The van der Waals surface area contributed by atoms with Gasteiger partial charge in [-0.25, -0.2) is 4.98 Å². The number of carbonyl (C=O) groups is 2. The molecule has 1 aromatic rings. The Balaban J connectivity index is 2.05. The summed E-state index contributed by atoms with van der Waals surface area (Å²) in [6.45, 7) is 5.87. The molecule has 1 atom stereocenters. The maximum atomic E-state index is 12.5. The lowest BCUT2D eigenvalue weighted by Crippen LogP contribution is -2.49. The van der Waals surface area contributed by atoms with Crippen molar-refractivity contribution in [3.63, 3.8) is 0 Å². The minimum absolute atomic E-state index is 0.00579. The van der Waals surface area contributed by atoms with Gasteiger partial charge in [0.05, 0.1) is 16.6 Å². The van der Waals surface area contributed by atoms with Gasteiger partial charge in [-0.3, -0.25) is 9.59 Å². The molecule has 1 saturated heterocycles. The minimum atomic E-state index is -0.369. The summed E-state index contributed by atoms with van der Waals surface area (Å²) < 4.78 is 0. The number of hydrogen-bond donors (Lipinski definition) is 0. The number of likely N-dealkylation sites (N-methyl/N-ethyl adjacent to an activating group) is 1. The summed E-state index contributed by atoms with van der Waals surface area (Å²) in [5, 5.41) is 2.88. The first-order valence-corrected chi connectivity index (χ1v) is 9.19. The topological polar surface area (TPSA) is 53.5 Å². The van der Waals surface area contributed by atoms with Gasteiger partial charge in [0.15, 0.2) is 0 Å². The summed E-state index contributed by atoms with van der Waals surface area (Å²) >= 11 is 3.16. The largest absolute Gasteiger partial charge is 0.342 e. The van der Waals surface area contributed by atoms with E-state index in [-0.39, 0.29) is 23.9 Å². The molecule has 0 aromatic carbocycles. The number of hydrogen-bond acceptors (Lipinski definition) is 5. The van der Waals surface area contributed by atoms with Crippen LogP contribution in [0, 0.1) is 6.92 Å². The summed E-state index contributed by atoms with van der Waals surface area (Å²) in [5.74, 6) is 1.09. The number of carbonyl (C=O) groups excluding carboxylic acids is 2. The quantitative estimate of drug-likeness (QED) is 0.790. The minimum Gasteiger partial charge on any atom is -0.342 e. The molecule has 1 aliphatic rings. The van der Waals surface area contributed by atoms with Gasteiger partial charge in [-0.1, -0.05) is 0 Å². The van der Waals surface area contributed by atoms with E-state index >= 15 is 0 Å². The van der Waals surface area contributed by atoms with Crippen LogP contribution >= 0.6 is 23.1 Å². The highest BCUT2D eigenvalue weighted by Crippen LogP contribution is 2.23. The number of thiazole rings is 1. The third-order valence-corrected chi connectivity index (χ3v) is 5.41. The summed E-state index contributed by atoms with van der Waals surface area (Å²) in [6, 6.07) is -0.240. The SMILES string of the molecule is Cc1nc(/C=C/C(=O)N2CSC[C@H]2C(=O)N(C)C(C)C)cs1. The summed E-state index contributed by atoms with van der Waals surface area (Å²) in [5.41, 5.74) is 0.782. The Morgan fingerprint density at radius 2 is 2.23 bits per heavy atom. The molecule has 0 spiro atoms. The van der Waals surface area contributed by atoms with Gasteiger partial charge in [-0.05, 0) is 26.8 Å². The van der Waals surface area contributed by atoms with E-state index in [1.807, 2.05) is 26.2 Å². The van der Waals surface area contributed by atoms with Crippen LogP contribution in [0.2, 0.25) is 0 Å². The molecule has 120 valence electrons. The number of rotatable bonds is 4. The van der Waals surface area contributed by atoms with Crippen molar-refractivity contribution in [2.45, 2.75) is 32.9 Å². The van der Waals surface area contributed by atoms with Crippen LogP contribution in [-0.4, -0.2) is 57.4 Å². The molecule has 1 aliphatic heterocycles. The standard InChI is InChI=1S/C15H21N3O2S2/c1-10(2)17(4)15(20)13-8-21-9-18(13)14(19)6-5-12-7-22-11(3)16-12/h5-7,10,13H,8-9H2,1-4H3/b6-5+/t13-/m0/s1.